The van der Waals surface area contributed by atoms with Gasteiger partial charge in [-0.15, -0.1) is 0 Å². The van der Waals surface area contributed by atoms with Crippen molar-refractivity contribution in [3.63, 3.8) is 0 Å². The van der Waals surface area contributed by atoms with Crippen molar-refractivity contribution in [2.75, 3.05) is 20.2 Å². The molecule has 2 aromatic rings. The average Bonchev–Trinajstić information content (AvgIpc) is 3.03. The quantitative estimate of drug-likeness (QED) is 0.805. The molecule has 0 radical (unpaired) electrons. The molecule has 3 rings (SSSR count). The molecular formula is C16H18FN3O3. The lowest BCUT2D eigenvalue weighted by Crippen LogP contribution is -2.36. The lowest BCUT2D eigenvalue weighted by atomic mass is 9.97. The molecule has 0 atom stereocenters. The number of piperidine rings is 1. The number of esters is 1. The number of ether oxygens (including phenoxy) is 1. The van der Waals surface area contributed by atoms with Gasteiger partial charge in [0.15, 0.2) is 5.82 Å². The molecule has 1 aromatic heterocycles. The number of hydrogen-bond acceptors (Lipinski definition) is 6. The van der Waals surface area contributed by atoms with Crippen LogP contribution >= 0.6 is 0 Å². The Bertz CT molecular complexity index is 681. The first-order chi connectivity index (χ1) is 11.2. The fourth-order valence-corrected chi connectivity index (χ4v) is 2.76. The van der Waals surface area contributed by atoms with Gasteiger partial charge in [0.2, 0.25) is 0 Å². The highest BCUT2D eigenvalue weighted by molar-refractivity contribution is 5.72. The summed E-state index contributed by atoms with van der Waals surface area (Å²) in [4.78, 5) is 17.9. The van der Waals surface area contributed by atoms with E-state index in [-0.39, 0.29) is 23.6 Å². The number of methoxy groups -OCH3 is 1. The van der Waals surface area contributed by atoms with E-state index in [2.05, 4.69) is 15.0 Å². The molecule has 0 bridgehead atoms. The number of aromatic nitrogens is 2. The second-order valence-electron chi connectivity index (χ2n) is 5.57. The van der Waals surface area contributed by atoms with Gasteiger partial charge in [0.25, 0.3) is 5.89 Å². The van der Waals surface area contributed by atoms with Crippen molar-refractivity contribution in [3.05, 3.63) is 35.9 Å². The monoisotopic (exact) mass is 319 g/mol. The van der Waals surface area contributed by atoms with Crippen molar-refractivity contribution in [1.82, 2.24) is 15.0 Å². The van der Waals surface area contributed by atoms with Crippen LogP contribution in [0.25, 0.3) is 11.5 Å². The minimum atomic E-state index is -0.387. The van der Waals surface area contributed by atoms with Crippen molar-refractivity contribution >= 4 is 5.97 Å². The van der Waals surface area contributed by atoms with Crippen LogP contribution < -0.4 is 0 Å². The summed E-state index contributed by atoms with van der Waals surface area (Å²) in [5.41, 5.74) is 0.302. The SMILES string of the molecule is COC(=O)C1CCN(Cc2noc(-c3ccccc3F)n2)CC1. The first-order valence-corrected chi connectivity index (χ1v) is 7.55. The number of benzene rings is 1. The van der Waals surface area contributed by atoms with Gasteiger partial charge in [-0.3, -0.25) is 9.69 Å². The molecule has 1 aliphatic rings. The molecule has 1 saturated heterocycles. The van der Waals surface area contributed by atoms with Crippen LogP contribution in [0.4, 0.5) is 4.39 Å². The van der Waals surface area contributed by atoms with E-state index >= 15 is 0 Å². The number of carbonyl (C=O) groups is 1. The summed E-state index contributed by atoms with van der Waals surface area (Å²) in [7, 11) is 1.41. The third-order valence-electron chi connectivity index (χ3n) is 4.06. The van der Waals surface area contributed by atoms with E-state index in [1.807, 2.05) is 0 Å². The van der Waals surface area contributed by atoms with E-state index < -0.39 is 0 Å². The molecule has 1 fully saturated rings. The highest BCUT2D eigenvalue weighted by Crippen LogP contribution is 2.22. The van der Waals surface area contributed by atoms with Gasteiger partial charge in [0.05, 0.1) is 25.1 Å². The van der Waals surface area contributed by atoms with E-state index in [9.17, 15) is 9.18 Å². The van der Waals surface area contributed by atoms with Crippen LogP contribution in [0.15, 0.2) is 28.8 Å². The van der Waals surface area contributed by atoms with Crippen LogP contribution in [0.2, 0.25) is 0 Å². The second kappa shape index (κ2) is 6.87. The topological polar surface area (TPSA) is 68.5 Å². The lowest BCUT2D eigenvalue weighted by Gasteiger charge is -2.29. The molecule has 7 heteroatoms. The zero-order valence-corrected chi connectivity index (χ0v) is 12.9. The zero-order chi connectivity index (χ0) is 16.2. The van der Waals surface area contributed by atoms with E-state index in [0.717, 1.165) is 25.9 Å². The molecule has 6 nitrogen and oxygen atoms in total. The Hall–Kier alpha value is -2.28. The smallest absolute Gasteiger partial charge is 0.308 e. The first-order valence-electron chi connectivity index (χ1n) is 7.55. The summed E-state index contributed by atoms with van der Waals surface area (Å²) in [6, 6.07) is 6.30. The normalized spacial score (nSPS) is 16.4. The van der Waals surface area contributed by atoms with Gasteiger partial charge in [-0.25, -0.2) is 4.39 Å². The molecule has 2 heterocycles. The summed E-state index contributed by atoms with van der Waals surface area (Å²) in [5.74, 6) is 0.130. The highest BCUT2D eigenvalue weighted by Gasteiger charge is 2.26. The molecular weight excluding hydrogens is 301 g/mol. The molecule has 0 saturated carbocycles. The minimum absolute atomic E-state index is 0.0320. The molecule has 23 heavy (non-hydrogen) atoms. The Morgan fingerprint density at radius 2 is 2.13 bits per heavy atom. The van der Waals surface area contributed by atoms with Crippen molar-refractivity contribution < 1.29 is 18.4 Å². The van der Waals surface area contributed by atoms with Crippen LogP contribution in [-0.2, 0) is 16.1 Å². The summed E-state index contributed by atoms with van der Waals surface area (Å²) in [6.45, 7) is 2.05. The maximum absolute atomic E-state index is 13.7. The van der Waals surface area contributed by atoms with Crippen LogP contribution in [0.5, 0.6) is 0 Å². The van der Waals surface area contributed by atoms with Crippen molar-refractivity contribution in [2.24, 2.45) is 5.92 Å². The zero-order valence-electron chi connectivity index (χ0n) is 12.9. The third kappa shape index (κ3) is 3.56. The fraction of sp³-hybridized carbons (Fsp3) is 0.438. The van der Waals surface area contributed by atoms with Gasteiger partial charge >= 0.3 is 5.97 Å². The Morgan fingerprint density at radius 3 is 2.83 bits per heavy atom. The van der Waals surface area contributed by atoms with Gasteiger partial charge in [-0.1, -0.05) is 17.3 Å². The van der Waals surface area contributed by atoms with Crippen LogP contribution in [0.1, 0.15) is 18.7 Å². The number of rotatable bonds is 4. The largest absolute Gasteiger partial charge is 0.469 e. The maximum atomic E-state index is 13.7. The van der Waals surface area contributed by atoms with Crippen molar-refractivity contribution in [1.29, 1.82) is 0 Å². The second-order valence-corrected chi connectivity index (χ2v) is 5.57. The Labute approximate surface area is 133 Å². The molecule has 1 aliphatic heterocycles. The molecule has 122 valence electrons. The van der Waals surface area contributed by atoms with Gasteiger partial charge < -0.3 is 9.26 Å². The fourth-order valence-electron chi connectivity index (χ4n) is 2.76. The van der Waals surface area contributed by atoms with Gasteiger partial charge in [0.1, 0.15) is 5.82 Å². The van der Waals surface area contributed by atoms with E-state index in [1.165, 1.54) is 13.2 Å². The predicted molar refractivity (Wildman–Crippen MR) is 79.7 cm³/mol. The molecule has 1 aromatic carbocycles. The predicted octanol–water partition coefficient (Wildman–Crippen LogP) is 2.26. The molecule has 0 aliphatic carbocycles. The van der Waals surface area contributed by atoms with Crippen LogP contribution in [0, 0.1) is 11.7 Å². The van der Waals surface area contributed by atoms with Crippen molar-refractivity contribution in [2.45, 2.75) is 19.4 Å². The van der Waals surface area contributed by atoms with E-state index in [0.29, 0.717) is 17.9 Å². The molecule has 0 N–H and O–H groups in total. The average molecular weight is 319 g/mol. The van der Waals surface area contributed by atoms with Gasteiger partial charge in [-0.05, 0) is 38.1 Å². The number of carbonyl (C=O) groups excluding carboxylic acids is 1. The number of halogens is 1. The van der Waals surface area contributed by atoms with E-state index in [1.54, 1.807) is 18.2 Å². The van der Waals surface area contributed by atoms with Crippen molar-refractivity contribution in [3.8, 4) is 11.5 Å². The van der Waals surface area contributed by atoms with E-state index in [4.69, 9.17) is 9.26 Å². The van der Waals surface area contributed by atoms with Crippen LogP contribution in [0.3, 0.4) is 0 Å². The highest BCUT2D eigenvalue weighted by atomic mass is 19.1. The molecule has 0 amide bonds. The van der Waals surface area contributed by atoms with Gasteiger partial charge in [-0.2, -0.15) is 4.98 Å². The lowest BCUT2D eigenvalue weighted by molar-refractivity contribution is -0.147. The first kappa shape index (κ1) is 15.6. The number of hydrogen-bond donors (Lipinski definition) is 0. The van der Waals surface area contributed by atoms with Crippen LogP contribution in [-0.4, -0.2) is 41.2 Å². The number of nitrogens with zero attached hydrogens (tertiary/aromatic N) is 3. The standard InChI is InChI=1S/C16H18FN3O3/c1-22-16(21)11-6-8-20(9-7-11)10-14-18-15(23-19-14)12-4-2-3-5-13(12)17/h2-5,11H,6-10H2,1H3. The van der Waals surface area contributed by atoms with Gasteiger partial charge in [0, 0.05) is 0 Å². The number of likely N-dealkylation sites (tertiary alicyclic amines) is 1. The Morgan fingerprint density at radius 1 is 1.39 bits per heavy atom. The summed E-state index contributed by atoms with van der Waals surface area (Å²) in [5, 5.41) is 3.91. The minimum Gasteiger partial charge on any atom is -0.469 e. The Balaban J connectivity index is 1.60. The molecule has 0 spiro atoms. The summed E-state index contributed by atoms with van der Waals surface area (Å²) in [6.07, 6.45) is 1.51. The molecule has 0 unspecified atom stereocenters. The summed E-state index contributed by atoms with van der Waals surface area (Å²) < 4.78 is 23.6. The maximum Gasteiger partial charge on any atom is 0.308 e. The Kier molecular flexibility index (Phi) is 4.66. The third-order valence-corrected chi connectivity index (χ3v) is 4.06. The summed E-state index contributed by atoms with van der Waals surface area (Å²) >= 11 is 0.